The summed E-state index contributed by atoms with van der Waals surface area (Å²) in [5.74, 6) is 0.416. The molecule has 4 heteroatoms. The summed E-state index contributed by atoms with van der Waals surface area (Å²) in [4.78, 5) is 23.7. The number of carbonyl (C=O) groups is 2. The molecule has 4 nitrogen and oxygen atoms in total. The summed E-state index contributed by atoms with van der Waals surface area (Å²) in [6.07, 6.45) is 9.16. The maximum atomic E-state index is 12.0. The van der Waals surface area contributed by atoms with Crippen LogP contribution in [0.15, 0.2) is 24.3 Å². The van der Waals surface area contributed by atoms with E-state index in [1.54, 1.807) is 6.07 Å². The molecule has 1 aliphatic carbocycles. The molecule has 2 rings (SSSR count). The molecule has 1 saturated carbocycles. The number of benzene rings is 1. The van der Waals surface area contributed by atoms with Gasteiger partial charge in [0, 0.05) is 12.0 Å². The van der Waals surface area contributed by atoms with Gasteiger partial charge in [-0.15, -0.1) is 0 Å². The summed E-state index contributed by atoms with van der Waals surface area (Å²) in [5, 5.41) is 0. The summed E-state index contributed by atoms with van der Waals surface area (Å²) in [7, 11) is 0. The topological polar surface area (TPSA) is 58.2 Å². The lowest BCUT2D eigenvalue weighted by atomic mass is 9.86. The fourth-order valence-corrected chi connectivity index (χ4v) is 3.11. The third-order valence-electron chi connectivity index (χ3n) is 4.45. The number of hydrogen-bond donors (Lipinski definition) is 2. The monoisotopic (exact) mass is 302 g/mol. The first kappa shape index (κ1) is 16.5. The van der Waals surface area contributed by atoms with Crippen molar-refractivity contribution in [3.8, 4) is 0 Å². The van der Waals surface area contributed by atoms with Gasteiger partial charge in [0.15, 0.2) is 0 Å². The molecule has 0 saturated heterocycles. The predicted molar refractivity (Wildman–Crippen MR) is 87.2 cm³/mol. The van der Waals surface area contributed by atoms with E-state index in [9.17, 15) is 9.59 Å². The van der Waals surface area contributed by atoms with Gasteiger partial charge in [-0.25, -0.2) is 0 Å². The summed E-state index contributed by atoms with van der Waals surface area (Å²) >= 11 is 0. The number of hydrazine groups is 1. The lowest BCUT2D eigenvalue weighted by Gasteiger charge is -2.21. The Morgan fingerprint density at radius 3 is 2.55 bits per heavy atom. The van der Waals surface area contributed by atoms with Crippen LogP contribution in [0.5, 0.6) is 0 Å². The highest BCUT2D eigenvalue weighted by Gasteiger charge is 2.14. The quantitative estimate of drug-likeness (QED) is 0.818. The van der Waals surface area contributed by atoms with E-state index in [1.165, 1.54) is 32.1 Å². The molecule has 1 fully saturated rings. The molecule has 0 radical (unpaired) electrons. The van der Waals surface area contributed by atoms with Crippen LogP contribution in [0.25, 0.3) is 0 Å². The van der Waals surface area contributed by atoms with E-state index in [1.807, 2.05) is 25.1 Å². The average molecular weight is 302 g/mol. The molecule has 0 heterocycles. The fraction of sp³-hybridized carbons (Fsp3) is 0.556. The molecule has 120 valence electrons. The van der Waals surface area contributed by atoms with Crippen LogP contribution in [0.4, 0.5) is 0 Å². The molecule has 22 heavy (non-hydrogen) atoms. The Balaban J connectivity index is 1.65. The standard InChI is InChI=1S/C18H26N2O2/c1-14-8-5-6-12-16(14)18(22)20-19-17(21)13-7-11-15-9-3-2-4-10-15/h5-6,8,12,15H,2-4,7,9-11,13H2,1H3,(H,19,21)(H,20,22). The maximum Gasteiger partial charge on any atom is 0.269 e. The Hall–Kier alpha value is -1.84. The first-order chi connectivity index (χ1) is 10.7. The van der Waals surface area contributed by atoms with Crippen molar-refractivity contribution in [2.75, 3.05) is 0 Å². The first-order valence-electron chi connectivity index (χ1n) is 8.31. The Labute approximate surface area is 132 Å². The second-order valence-electron chi connectivity index (χ2n) is 6.21. The molecule has 1 aromatic carbocycles. The molecule has 0 bridgehead atoms. The Morgan fingerprint density at radius 1 is 1.09 bits per heavy atom. The summed E-state index contributed by atoms with van der Waals surface area (Å²) in [6.45, 7) is 1.88. The summed E-state index contributed by atoms with van der Waals surface area (Å²) in [5.41, 5.74) is 6.48. The van der Waals surface area contributed by atoms with Gasteiger partial charge in [0.1, 0.15) is 0 Å². The lowest BCUT2D eigenvalue weighted by Crippen LogP contribution is -2.41. The zero-order chi connectivity index (χ0) is 15.8. The number of nitrogens with one attached hydrogen (secondary N) is 2. The highest BCUT2D eigenvalue weighted by molar-refractivity contribution is 5.96. The van der Waals surface area contributed by atoms with Crippen LogP contribution in [0, 0.1) is 12.8 Å². The molecular weight excluding hydrogens is 276 g/mol. The van der Waals surface area contributed by atoms with Crippen molar-refractivity contribution in [2.24, 2.45) is 5.92 Å². The molecule has 2 amide bonds. The fourth-order valence-electron chi connectivity index (χ4n) is 3.11. The number of amides is 2. The van der Waals surface area contributed by atoms with E-state index in [2.05, 4.69) is 10.9 Å². The van der Waals surface area contributed by atoms with Crippen molar-refractivity contribution in [1.82, 2.24) is 10.9 Å². The number of carbonyl (C=O) groups excluding carboxylic acids is 2. The largest absolute Gasteiger partial charge is 0.273 e. The van der Waals surface area contributed by atoms with Crippen LogP contribution < -0.4 is 10.9 Å². The normalized spacial score (nSPS) is 15.3. The van der Waals surface area contributed by atoms with Gasteiger partial charge < -0.3 is 0 Å². The maximum absolute atomic E-state index is 12.0. The smallest absolute Gasteiger partial charge is 0.269 e. The van der Waals surface area contributed by atoms with Crippen molar-refractivity contribution >= 4 is 11.8 Å². The van der Waals surface area contributed by atoms with Crippen LogP contribution in [-0.4, -0.2) is 11.8 Å². The highest BCUT2D eigenvalue weighted by Crippen LogP contribution is 2.27. The van der Waals surface area contributed by atoms with E-state index in [0.29, 0.717) is 12.0 Å². The van der Waals surface area contributed by atoms with Crippen LogP contribution in [0.3, 0.4) is 0 Å². The molecule has 1 aliphatic rings. The third-order valence-corrected chi connectivity index (χ3v) is 4.45. The second kappa shape index (κ2) is 8.57. The van der Waals surface area contributed by atoms with Gasteiger partial charge in [0.05, 0.1) is 0 Å². The second-order valence-corrected chi connectivity index (χ2v) is 6.21. The van der Waals surface area contributed by atoms with E-state index >= 15 is 0 Å². The van der Waals surface area contributed by atoms with E-state index in [4.69, 9.17) is 0 Å². The first-order valence-corrected chi connectivity index (χ1v) is 8.31. The van der Waals surface area contributed by atoms with Crippen LogP contribution in [0.1, 0.15) is 67.3 Å². The van der Waals surface area contributed by atoms with Crippen molar-refractivity contribution in [3.05, 3.63) is 35.4 Å². The molecule has 2 N–H and O–H groups in total. The molecular formula is C18H26N2O2. The average Bonchev–Trinajstić information content (AvgIpc) is 2.54. The van der Waals surface area contributed by atoms with E-state index in [-0.39, 0.29) is 11.8 Å². The summed E-state index contributed by atoms with van der Waals surface area (Å²) in [6, 6.07) is 7.32. The molecule has 0 spiro atoms. The highest BCUT2D eigenvalue weighted by atomic mass is 16.2. The third kappa shape index (κ3) is 5.17. The van der Waals surface area contributed by atoms with Crippen molar-refractivity contribution in [1.29, 1.82) is 0 Å². The van der Waals surface area contributed by atoms with E-state index in [0.717, 1.165) is 24.3 Å². The molecule has 0 unspecified atom stereocenters. The van der Waals surface area contributed by atoms with Gasteiger partial charge in [0.25, 0.3) is 5.91 Å². The minimum absolute atomic E-state index is 0.113. The Bertz CT molecular complexity index is 508. The lowest BCUT2D eigenvalue weighted by molar-refractivity contribution is -0.122. The Morgan fingerprint density at radius 2 is 1.82 bits per heavy atom. The zero-order valence-corrected chi connectivity index (χ0v) is 13.4. The van der Waals surface area contributed by atoms with Gasteiger partial charge in [-0.3, -0.25) is 20.4 Å². The number of hydrogen-bond acceptors (Lipinski definition) is 2. The van der Waals surface area contributed by atoms with Crippen molar-refractivity contribution in [2.45, 2.75) is 58.3 Å². The van der Waals surface area contributed by atoms with E-state index < -0.39 is 0 Å². The molecule has 0 aromatic heterocycles. The van der Waals surface area contributed by atoms with Gasteiger partial charge in [-0.1, -0.05) is 50.3 Å². The molecule has 0 atom stereocenters. The number of aryl methyl sites for hydroxylation is 1. The summed E-state index contributed by atoms with van der Waals surface area (Å²) < 4.78 is 0. The predicted octanol–water partition coefficient (Wildman–Crippen LogP) is 3.51. The van der Waals surface area contributed by atoms with Crippen LogP contribution in [-0.2, 0) is 4.79 Å². The SMILES string of the molecule is Cc1ccccc1C(=O)NNC(=O)CCCC1CCCCC1. The van der Waals surface area contributed by atoms with Crippen molar-refractivity contribution in [3.63, 3.8) is 0 Å². The number of rotatable bonds is 5. The van der Waals surface area contributed by atoms with Crippen molar-refractivity contribution < 1.29 is 9.59 Å². The van der Waals surface area contributed by atoms with Gasteiger partial charge in [-0.2, -0.15) is 0 Å². The molecule has 1 aromatic rings. The molecule has 0 aliphatic heterocycles. The Kier molecular flexibility index (Phi) is 6.44. The van der Waals surface area contributed by atoms with Gasteiger partial charge >= 0.3 is 0 Å². The van der Waals surface area contributed by atoms with Gasteiger partial charge in [-0.05, 0) is 37.3 Å². The van der Waals surface area contributed by atoms with Gasteiger partial charge in [0.2, 0.25) is 5.91 Å². The zero-order valence-electron chi connectivity index (χ0n) is 13.4. The minimum Gasteiger partial charge on any atom is -0.273 e. The van der Waals surface area contributed by atoms with Crippen LogP contribution in [0.2, 0.25) is 0 Å². The van der Waals surface area contributed by atoms with Crippen LogP contribution >= 0.6 is 0 Å². The minimum atomic E-state index is -0.265.